The first-order chi connectivity index (χ1) is 14.8. The smallest absolute Gasteiger partial charge is 0.246 e. The Morgan fingerprint density at radius 2 is 2.06 bits per heavy atom. The Kier molecular flexibility index (Phi) is 5.02. The summed E-state index contributed by atoms with van der Waals surface area (Å²) in [6.45, 7) is 5.33. The maximum absolute atomic E-state index is 12.7. The predicted molar refractivity (Wildman–Crippen MR) is 119 cm³/mol. The maximum Gasteiger partial charge on any atom is 0.246 e. The molecule has 1 aromatic heterocycles. The third kappa shape index (κ3) is 3.25. The van der Waals surface area contributed by atoms with E-state index in [1.165, 1.54) is 25.7 Å². The van der Waals surface area contributed by atoms with Gasteiger partial charge in [0, 0.05) is 37.3 Å². The zero-order valence-corrected chi connectivity index (χ0v) is 19.1. The SMILES string of the molecule is CN1C(=O)C=C[C@]2(C)C3CC[C@@]4(C)C(CC[C@@H]4CC(=O)NCc4ncc[nH]4)C3CCC12. The summed E-state index contributed by atoms with van der Waals surface area (Å²) in [5.41, 5.74) is 0.345. The van der Waals surface area contributed by atoms with E-state index in [0.717, 1.165) is 18.7 Å². The number of imidazole rings is 1. The second-order valence-electron chi connectivity index (χ2n) is 11.0. The molecule has 4 unspecified atom stereocenters. The molecule has 4 aliphatic rings. The van der Waals surface area contributed by atoms with Gasteiger partial charge in [0.25, 0.3) is 0 Å². The summed E-state index contributed by atoms with van der Waals surface area (Å²) in [7, 11) is 1.98. The van der Waals surface area contributed by atoms with E-state index in [1.807, 2.05) is 18.0 Å². The van der Waals surface area contributed by atoms with Gasteiger partial charge in [-0.3, -0.25) is 9.59 Å². The average molecular weight is 425 g/mol. The number of aromatic nitrogens is 2. The fourth-order valence-corrected chi connectivity index (χ4v) is 8.06. The van der Waals surface area contributed by atoms with E-state index < -0.39 is 0 Å². The molecule has 0 aromatic carbocycles. The van der Waals surface area contributed by atoms with E-state index in [0.29, 0.717) is 42.7 Å². The van der Waals surface area contributed by atoms with Crippen LogP contribution < -0.4 is 5.32 Å². The van der Waals surface area contributed by atoms with E-state index in [4.69, 9.17) is 0 Å². The lowest BCUT2D eigenvalue weighted by atomic mass is 9.47. The van der Waals surface area contributed by atoms with Gasteiger partial charge < -0.3 is 15.2 Å². The molecule has 0 spiro atoms. The molecule has 2 heterocycles. The Bertz CT molecular complexity index is 880. The number of amides is 2. The largest absolute Gasteiger partial charge is 0.349 e. The first-order valence-electron chi connectivity index (χ1n) is 12.0. The minimum absolute atomic E-state index is 0.0887. The Labute approximate surface area is 185 Å². The molecule has 6 heteroatoms. The Balaban J connectivity index is 1.29. The Morgan fingerprint density at radius 1 is 1.23 bits per heavy atom. The molecular formula is C25H36N4O2. The quantitative estimate of drug-likeness (QED) is 0.774. The van der Waals surface area contributed by atoms with Crippen LogP contribution in [0.5, 0.6) is 0 Å². The minimum atomic E-state index is 0.0887. The molecular weight excluding hydrogens is 388 g/mol. The van der Waals surface area contributed by atoms with Crippen LogP contribution in [0.2, 0.25) is 0 Å². The molecule has 1 aliphatic heterocycles. The molecule has 2 amide bonds. The van der Waals surface area contributed by atoms with Gasteiger partial charge in [0.2, 0.25) is 11.8 Å². The number of carbonyl (C=O) groups excluding carboxylic acids is 2. The maximum atomic E-state index is 12.7. The number of aromatic amines is 1. The van der Waals surface area contributed by atoms with Crippen molar-refractivity contribution in [2.45, 2.75) is 71.4 Å². The number of hydrogen-bond acceptors (Lipinski definition) is 3. The van der Waals surface area contributed by atoms with Crippen LogP contribution in [0.1, 0.15) is 64.6 Å². The highest BCUT2D eigenvalue weighted by Gasteiger charge is 2.60. The van der Waals surface area contributed by atoms with Crippen molar-refractivity contribution in [1.82, 2.24) is 20.2 Å². The molecule has 3 aliphatic carbocycles. The molecule has 0 radical (unpaired) electrons. The van der Waals surface area contributed by atoms with Crippen molar-refractivity contribution >= 4 is 11.8 Å². The van der Waals surface area contributed by atoms with Crippen LogP contribution >= 0.6 is 0 Å². The molecule has 2 N–H and O–H groups in total. The van der Waals surface area contributed by atoms with Crippen LogP contribution in [-0.2, 0) is 16.1 Å². The van der Waals surface area contributed by atoms with E-state index in [9.17, 15) is 9.59 Å². The summed E-state index contributed by atoms with van der Waals surface area (Å²) in [5, 5.41) is 3.05. The standard InChI is InChI=1S/C25H36N4O2/c1-24-10-8-19-17(5-7-20-25(19,2)11-9-23(31)29(20)3)18(24)6-4-16(24)14-22(30)28-15-21-26-12-13-27-21/h9,11-13,16-20H,4-8,10,14-15H2,1-3H3,(H,26,27)(H,28,30)/t16-,17?,18?,19?,20?,24-,25-/m1/s1. The highest BCUT2D eigenvalue weighted by molar-refractivity contribution is 5.89. The number of fused-ring (bicyclic) bond motifs is 5. The fraction of sp³-hybridized carbons (Fsp3) is 0.720. The minimum Gasteiger partial charge on any atom is -0.349 e. The van der Waals surface area contributed by atoms with E-state index in [2.05, 4.69) is 35.2 Å². The van der Waals surface area contributed by atoms with Crippen LogP contribution in [0, 0.1) is 34.5 Å². The number of rotatable bonds is 4. The number of likely N-dealkylation sites (N-methyl/N-ethyl adjacent to an activating group) is 1. The third-order valence-corrected chi connectivity index (χ3v) is 9.76. The summed E-state index contributed by atoms with van der Waals surface area (Å²) in [4.78, 5) is 34.2. The molecule has 5 rings (SSSR count). The zero-order valence-electron chi connectivity index (χ0n) is 19.1. The van der Waals surface area contributed by atoms with Crippen LogP contribution in [0.3, 0.4) is 0 Å². The van der Waals surface area contributed by atoms with E-state index in [1.54, 1.807) is 12.4 Å². The van der Waals surface area contributed by atoms with Crippen molar-refractivity contribution in [1.29, 1.82) is 0 Å². The summed E-state index contributed by atoms with van der Waals surface area (Å²) in [6.07, 6.45) is 15.3. The highest BCUT2D eigenvalue weighted by Crippen LogP contribution is 2.65. The Morgan fingerprint density at radius 3 is 2.84 bits per heavy atom. The van der Waals surface area contributed by atoms with Crippen LogP contribution in [0.25, 0.3) is 0 Å². The monoisotopic (exact) mass is 424 g/mol. The van der Waals surface area contributed by atoms with Gasteiger partial charge in [-0.2, -0.15) is 0 Å². The van der Waals surface area contributed by atoms with Crippen molar-refractivity contribution in [3.8, 4) is 0 Å². The summed E-state index contributed by atoms with van der Waals surface area (Å²) in [5.74, 6) is 3.62. The van der Waals surface area contributed by atoms with Gasteiger partial charge in [-0.15, -0.1) is 0 Å². The highest BCUT2D eigenvalue weighted by atomic mass is 16.2. The number of nitrogens with one attached hydrogen (secondary N) is 2. The van der Waals surface area contributed by atoms with Gasteiger partial charge in [0.1, 0.15) is 5.82 Å². The van der Waals surface area contributed by atoms with Crippen LogP contribution in [-0.4, -0.2) is 39.8 Å². The number of H-pyrrole nitrogens is 1. The molecule has 6 nitrogen and oxygen atoms in total. The van der Waals surface area contributed by atoms with Gasteiger partial charge in [-0.05, 0) is 73.7 Å². The predicted octanol–water partition coefficient (Wildman–Crippen LogP) is 3.67. The third-order valence-electron chi connectivity index (χ3n) is 9.76. The lowest BCUT2D eigenvalue weighted by Gasteiger charge is -2.60. The lowest BCUT2D eigenvalue weighted by molar-refractivity contribution is -0.139. The van der Waals surface area contributed by atoms with Crippen molar-refractivity contribution in [3.63, 3.8) is 0 Å². The van der Waals surface area contributed by atoms with Gasteiger partial charge in [-0.1, -0.05) is 19.9 Å². The fourth-order valence-electron chi connectivity index (χ4n) is 8.06. The van der Waals surface area contributed by atoms with Gasteiger partial charge in [0.15, 0.2) is 0 Å². The Hall–Kier alpha value is -2.11. The molecule has 0 bridgehead atoms. The van der Waals surface area contributed by atoms with E-state index in [-0.39, 0.29) is 22.6 Å². The van der Waals surface area contributed by atoms with Gasteiger partial charge >= 0.3 is 0 Å². The number of nitrogens with zero attached hydrogens (tertiary/aromatic N) is 2. The molecule has 3 saturated carbocycles. The van der Waals surface area contributed by atoms with Gasteiger partial charge in [-0.25, -0.2) is 4.98 Å². The van der Waals surface area contributed by atoms with Crippen molar-refractivity contribution in [2.75, 3.05) is 7.05 Å². The normalized spacial score (nSPS) is 41.5. The van der Waals surface area contributed by atoms with Crippen LogP contribution in [0.4, 0.5) is 0 Å². The van der Waals surface area contributed by atoms with Crippen LogP contribution in [0.15, 0.2) is 24.5 Å². The van der Waals surface area contributed by atoms with Gasteiger partial charge in [0.05, 0.1) is 6.54 Å². The first-order valence-corrected chi connectivity index (χ1v) is 12.0. The van der Waals surface area contributed by atoms with Crippen molar-refractivity contribution < 1.29 is 9.59 Å². The summed E-state index contributed by atoms with van der Waals surface area (Å²) in [6, 6.07) is 0.334. The van der Waals surface area contributed by atoms with Crippen molar-refractivity contribution in [3.05, 3.63) is 30.4 Å². The lowest BCUT2D eigenvalue weighted by Crippen LogP contribution is -2.59. The topological polar surface area (TPSA) is 78.1 Å². The first kappa shape index (κ1) is 20.8. The summed E-state index contributed by atoms with van der Waals surface area (Å²) < 4.78 is 0. The second-order valence-corrected chi connectivity index (χ2v) is 11.0. The van der Waals surface area contributed by atoms with E-state index >= 15 is 0 Å². The average Bonchev–Trinajstić information content (AvgIpc) is 3.38. The van der Waals surface area contributed by atoms with Crippen molar-refractivity contribution in [2.24, 2.45) is 34.5 Å². The molecule has 31 heavy (non-hydrogen) atoms. The number of carbonyl (C=O) groups is 2. The zero-order chi connectivity index (χ0) is 21.8. The second kappa shape index (κ2) is 7.49. The molecule has 0 saturated heterocycles. The molecule has 3 fully saturated rings. The summed E-state index contributed by atoms with van der Waals surface area (Å²) >= 11 is 0. The molecule has 1 aromatic rings. The molecule has 7 atom stereocenters. The number of hydrogen-bond donors (Lipinski definition) is 2. The molecule has 168 valence electrons.